The number of H-pyrrole nitrogens is 1. The normalized spacial score (nSPS) is 15.8. The summed E-state index contributed by atoms with van der Waals surface area (Å²) in [7, 11) is -3.69. The van der Waals surface area contributed by atoms with E-state index < -0.39 is 21.4 Å². The number of amides is 1. The molecule has 1 aliphatic rings. The molecule has 170 valence electrons. The number of pyridine rings is 1. The maximum atomic E-state index is 13.0. The summed E-state index contributed by atoms with van der Waals surface area (Å²) in [6.45, 7) is 7.80. The predicted octanol–water partition coefficient (Wildman–Crippen LogP) is 0.747. The van der Waals surface area contributed by atoms with E-state index in [2.05, 4.69) is 10.3 Å². The number of nitrogens with zero attached hydrogens (tertiary/aromatic N) is 1. The molecule has 2 heterocycles. The molecular weight excluding hydrogens is 416 g/mol. The average molecular weight is 450 g/mol. The first-order valence-corrected chi connectivity index (χ1v) is 12.6. The lowest BCUT2D eigenvalue weighted by molar-refractivity contribution is -0.898. The number of hydrogen-bond acceptors (Lipinski definition) is 4. The van der Waals surface area contributed by atoms with Crippen LogP contribution in [-0.2, 0) is 10.0 Å². The van der Waals surface area contributed by atoms with Crippen LogP contribution in [0.1, 0.15) is 49.9 Å². The van der Waals surface area contributed by atoms with Gasteiger partial charge in [-0.05, 0) is 43.9 Å². The van der Waals surface area contributed by atoms with Gasteiger partial charge in [-0.15, -0.1) is 0 Å². The van der Waals surface area contributed by atoms with Gasteiger partial charge in [-0.2, -0.15) is 4.31 Å². The van der Waals surface area contributed by atoms with Gasteiger partial charge in [-0.1, -0.05) is 13.8 Å². The molecule has 1 amide bonds. The monoisotopic (exact) mass is 449 g/mol. The number of fused-ring (bicyclic) bond motifs is 1. The molecule has 1 aliphatic heterocycles. The molecule has 0 bridgehead atoms. The summed E-state index contributed by atoms with van der Waals surface area (Å²) in [5, 5.41) is 3.04. The number of likely N-dealkylation sites (tertiary alicyclic amines) is 1. The second kappa shape index (κ2) is 10.4. The number of nitrogens with one attached hydrogen (secondary N) is 3. The van der Waals surface area contributed by atoms with E-state index in [0.29, 0.717) is 25.2 Å². The van der Waals surface area contributed by atoms with Gasteiger partial charge in [0.15, 0.2) is 0 Å². The van der Waals surface area contributed by atoms with E-state index in [0.717, 1.165) is 19.6 Å². The number of sulfonamides is 1. The van der Waals surface area contributed by atoms with E-state index in [1.165, 1.54) is 53.2 Å². The van der Waals surface area contributed by atoms with E-state index in [1.54, 1.807) is 19.9 Å². The SMILES string of the molecule is CCN(CC)S(=O)(=O)c1ccc2[nH]cc(C(=O)NCC[NH+]3CCCCCC3)c(=O)c2c1. The lowest BCUT2D eigenvalue weighted by Crippen LogP contribution is -3.12. The largest absolute Gasteiger partial charge is 0.360 e. The maximum Gasteiger partial charge on any atom is 0.256 e. The highest BCUT2D eigenvalue weighted by molar-refractivity contribution is 7.89. The number of aromatic nitrogens is 1. The Morgan fingerprint density at radius 3 is 2.45 bits per heavy atom. The second-order valence-electron chi connectivity index (χ2n) is 8.00. The molecule has 31 heavy (non-hydrogen) atoms. The highest BCUT2D eigenvalue weighted by Crippen LogP contribution is 2.19. The Hall–Kier alpha value is -2.23. The zero-order valence-electron chi connectivity index (χ0n) is 18.4. The van der Waals surface area contributed by atoms with Crippen molar-refractivity contribution in [2.75, 3.05) is 39.3 Å². The van der Waals surface area contributed by atoms with Crippen LogP contribution in [0.4, 0.5) is 0 Å². The number of carbonyl (C=O) groups excluding carboxylic acids is 1. The minimum atomic E-state index is -3.69. The average Bonchev–Trinajstić information content (AvgIpc) is 3.03. The number of aromatic amines is 1. The lowest BCUT2D eigenvalue weighted by Gasteiger charge is -2.18. The van der Waals surface area contributed by atoms with Gasteiger partial charge in [0, 0.05) is 30.2 Å². The third-order valence-corrected chi connectivity index (χ3v) is 8.06. The van der Waals surface area contributed by atoms with Gasteiger partial charge in [0.2, 0.25) is 15.5 Å². The Kier molecular flexibility index (Phi) is 7.85. The molecular formula is C22H33N4O4S+. The Balaban J connectivity index is 1.79. The minimum Gasteiger partial charge on any atom is -0.360 e. The molecule has 1 fully saturated rings. The highest BCUT2D eigenvalue weighted by atomic mass is 32.2. The second-order valence-corrected chi connectivity index (χ2v) is 9.94. The molecule has 2 aromatic rings. The van der Waals surface area contributed by atoms with E-state index in [4.69, 9.17) is 0 Å². The Morgan fingerprint density at radius 1 is 1.13 bits per heavy atom. The van der Waals surface area contributed by atoms with E-state index in [-0.39, 0.29) is 15.8 Å². The molecule has 0 aliphatic carbocycles. The quantitative estimate of drug-likeness (QED) is 0.553. The molecule has 9 heteroatoms. The fourth-order valence-electron chi connectivity index (χ4n) is 4.17. The molecule has 3 N–H and O–H groups in total. The Morgan fingerprint density at radius 2 is 1.81 bits per heavy atom. The number of benzene rings is 1. The fourth-order valence-corrected chi connectivity index (χ4v) is 5.65. The van der Waals surface area contributed by atoms with Crippen LogP contribution in [-0.4, -0.2) is 62.9 Å². The first-order chi connectivity index (χ1) is 14.9. The van der Waals surface area contributed by atoms with Crippen LogP contribution >= 0.6 is 0 Å². The Labute approximate surface area is 183 Å². The molecule has 3 rings (SSSR count). The fraction of sp³-hybridized carbons (Fsp3) is 0.545. The van der Waals surface area contributed by atoms with Gasteiger partial charge >= 0.3 is 0 Å². The van der Waals surface area contributed by atoms with Gasteiger partial charge in [0.1, 0.15) is 5.56 Å². The van der Waals surface area contributed by atoms with Gasteiger partial charge in [-0.3, -0.25) is 9.59 Å². The summed E-state index contributed by atoms with van der Waals surface area (Å²) in [5.74, 6) is -0.436. The third-order valence-electron chi connectivity index (χ3n) is 6.01. The van der Waals surface area contributed by atoms with Crippen molar-refractivity contribution >= 4 is 26.8 Å². The summed E-state index contributed by atoms with van der Waals surface area (Å²) in [6, 6.07) is 4.41. The van der Waals surface area contributed by atoms with Crippen molar-refractivity contribution in [3.8, 4) is 0 Å². The van der Waals surface area contributed by atoms with Crippen molar-refractivity contribution in [2.24, 2.45) is 0 Å². The van der Waals surface area contributed by atoms with Crippen molar-refractivity contribution < 1.29 is 18.1 Å². The van der Waals surface area contributed by atoms with Crippen LogP contribution in [0, 0.1) is 0 Å². The van der Waals surface area contributed by atoms with Crippen molar-refractivity contribution in [2.45, 2.75) is 44.4 Å². The van der Waals surface area contributed by atoms with Gasteiger partial charge < -0.3 is 15.2 Å². The van der Waals surface area contributed by atoms with Gasteiger partial charge in [0.25, 0.3) is 5.91 Å². The number of carbonyl (C=O) groups is 1. The van der Waals surface area contributed by atoms with Crippen LogP contribution in [0.5, 0.6) is 0 Å². The summed E-state index contributed by atoms with van der Waals surface area (Å²) < 4.78 is 27.0. The Bertz CT molecular complexity index is 1070. The number of quaternary nitrogens is 1. The molecule has 0 spiro atoms. The smallest absolute Gasteiger partial charge is 0.256 e. The molecule has 0 radical (unpaired) electrons. The van der Waals surface area contributed by atoms with Crippen LogP contribution in [0.15, 0.2) is 34.1 Å². The van der Waals surface area contributed by atoms with Gasteiger partial charge in [-0.25, -0.2) is 8.42 Å². The van der Waals surface area contributed by atoms with E-state index in [1.807, 2.05) is 0 Å². The van der Waals surface area contributed by atoms with E-state index in [9.17, 15) is 18.0 Å². The van der Waals surface area contributed by atoms with Crippen LogP contribution in [0.3, 0.4) is 0 Å². The zero-order valence-corrected chi connectivity index (χ0v) is 19.2. The van der Waals surface area contributed by atoms with Crippen LogP contribution in [0.25, 0.3) is 10.9 Å². The lowest BCUT2D eigenvalue weighted by atomic mass is 10.1. The van der Waals surface area contributed by atoms with Crippen molar-refractivity contribution in [3.05, 3.63) is 40.2 Å². The first-order valence-electron chi connectivity index (χ1n) is 11.2. The zero-order chi connectivity index (χ0) is 22.4. The minimum absolute atomic E-state index is 0.00393. The van der Waals surface area contributed by atoms with Gasteiger partial charge in [0.05, 0.1) is 31.1 Å². The maximum absolute atomic E-state index is 13.0. The summed E-state index contributed by atoms with van der Waals surface area (Å²) in [6.07, 6.45) is 6.37. The first kappa shape index (κ1) is 23.4. The number of rotatable bonds is 8. The summed E-state index contributed by atoms with van der Waals surface area (Å²) >= 11 is 0. The number of hydrogen-bond donors (Lipinski definition) is 3. The molecule has 0 unspecified atom stereocenters. The molecule has 1 saturated heterocycles. The van der Waals surface area contributed by atoms with Crippen LogP contribution in [0.2, 0.25) is 0 Å². The van der Waals surface area contributed by atoms with Crippen LogP contribution < -0.4 is 15.6 Å². The molecule has 1 aromatic carbocycles. The van der Waals surface area contributed by atoms with Crippen molar-refractivity contribution in [3.63, 3.8) is 0 Å². The molecule has 0 atom stereocenters. The molecule has 1 aromatic heterocycles. The molecule has 0 saturated carbocycles. The topological polar surface area (TPSA) is 104 Å². The van der Waals surface area contributed by atoms with E-state index >= 15 is 0 Å². The summed E-state index contributed by atoms with van der Waals surface area (Å²) in [4.78, 5) is 30.1. The third kappa shape index (κ3) is 5.34. The van der Waals surface area contributed by atoms with Crippen molar-refractivity contribution in [1.82, 2.24) is 14.6 Å². The highest BCUT2D eigenvalue weighted by Gasteiger charge is 2.23. The van der Waals surface area contributed by atoms with Crippen molar-refractivity contribution in [1.29, 1.82) is 0 Å². The summed E-state index contributed by atoms with van der Waals surface area (Å²) in [5.41, 5.74) is 0.0229. The molecule has 8 nitrogen and oxygen atoms in total. The predicted molar refractivity (Wildman–Crippen MR) is 121 cm³/mol. The standard InChI is InChI=1S/C22H32N4O4S/c1-3-26(4-2)31(29,30)17-9-10-20-18(15-17)21(27)19(16-24-20)22(28)23-11-14-25-12-7-5-6-8-13-25/h9-10,15-16H,3-8,11-14H2,1-2H3,(H,23,28)(H,24,27)/p+1.